The average molecular weight is 473 g/mol. The fraction of sp³-hybridized carbons (Fsp3) is 0.600. The van der Waals surface area contributed by atoms with Crippen LogP contribution < -0.4 is 10.6 Å². The van der Waals surface area contributed by atoms with Gasteiger partial charge in [0.2, 0.25) is 11.8 Å². The molecule has 1 unspecified atom stereocenters. The van der Waals surface area contributed by atoms with Crippen LogP contribution in [0.4, 0.5) is 0 Å². The Bertz CT molecular complexity index is 1150. The highest BCUT2D eigenvalue weighted by molar-refractivity contribution is 6.02. The van der Waals surface area contributed by atoms with Gasteiger partial charge in [-0.2, -0.15) is 0 Å². The maximum absolute atomic E-state index is 12.3. The van der Waals surface area contributed by atoms with Crippen molar-refractivity contribution >= 4 is 22.8 Å². The molecule has 4 aliphatic carbocycles. The fourth-order valence-corrected chi connectivity index (χ4v) is 7.75. The molecule has 35 heavy (non-hydrogen) atoms. The van der Waals surface area contributed by atoms with E-state index in [9.17, 15) is 9.59 Å². The van der Waals surface area contributed by atoms with Crippen LogP contribution in [0.1, 0.15) is 94.1 Å². The number of carbonyl (C=O) groups excluding carboxylic acids is 2. The van der Waals surface area contributed by atoms with Crippen LogP contribution in [0.25, 0.3) is 11.0 Å². The SMILES string of the molecule is O=C1CCC(c2coc3ccc(C#CCCCCCNC45CC6CC(CC(C6)C4)C5)cc23)C(=O)N1. The fourth-order valence-electron chi connectivity index (χ4n) is 7.75. The normalized spacial score (nSPS) is 31.4. The molecule has 1 atom stereocenters. The molecule has 4 bridgehead atoms. The summed E-state index contributed by atoms with van der Waals surface area (Å²) in [6.07, 6.45) is 15.8. The molecular weight excluding hydrogens is 436 g/mol. The number of hydrogen-bond donors (Lipinski definition) is 2. The third-order valence-electron chi connectivity index (χ3n) is 8.97. The molecule has 1 aromatic heterocycles. The Morgan fingerprint density at radius 1 is 1.03 bits per heavy atom. The summed E-state index contributed by atoms with van der Waals surface area (Å²) in [5.41, 5.74) is 3.02. The van der Waals surface area contributed by atoms with Gasteiger partial charge in [0.05, 0.1) is 12.2 Å². The van der Waals surface area contributed by atoms with E-state index in [4.69, 9.17) is 4.42 Å². The van der Waals surface area contributed by atoms with Crippen molar-refractivity contribution in [1.29, 1.82) is 0 Å². The van der Waals surface area contributed by atoms with Crippen LogP contribution in [0.2, 0.25) is 0 Å². The summed E-state index contributed by atoms with van der Waals surface area (Å²) < 4.78 is 5.67. The van der Waals surface area contributed by atoms with Gasteiger partial charge in [-0.15, -0.1) is 0 Å². The second-order valence-electron chi connectivity index (χ2n) is 11.6. The minimum absolute atomic E-state index is 0.200. The molecule has 184 valence electrons. The number of hydrogen-bond acceptors (Lipinski definition) is 4. The third kappa shape index (κ3) is 4.78. The summed E-state index contributed by atoms with van der Waals surface area (Å²) in [5.74, 6) is 8.86. The Morgan fingerprint density at radius 3 is 2.54 bits per heavy atom. The molecule has 5 fully saturated rings. The zero-order chi connectivity index (χ0) is 23.8. The highest BCUT2D eigenvalue weighted by Gasteiger charge is 2.50. The molecule has 0 spiro atoms. The first-order valence-electron chi connectivity index (χ1n) is 13.7. The molecule has 2 heterocycles. The molecule has 0 radical (unpaired) electrons. The number of carbonyl (C=O) groups is 2. The van der Waals surface area contributed by atoms with Gasteiger partial charge < -0.3 is 9.73 Å². The highest BCUT2D eigenvalue weighted by Crippen LogP contribution is 2.55. The van der Waals surface area contributed by atoms with Crippen molar-refractivity contribution in [3.63, 3.8) is 0 Å². The topological polar surface area (TPSA) is 71.3 Å². The van der Waals surface area contributed by atoms with Crippen LogP contribution in [0, 0.1) is 29.6 Å². The number of nitrogens with one attached hydrogen (secondary N) is 2. The van der Waals surface area contributed by atoms with Crippen molar-refractivity contribution in [2.24, 2.45) is 17.8 Å². The summed E-state index contributed by atoms with van der Waals surface area (Å²) in [6, 6.07) is 5.91. The van der Waals surface area contributed by atoms with Gasteiger partial charge in [-0.1, -0.05) is 18.3 Å². The summed E-state index contributed by atoms with van der Waals surface area (Å²) in [5, 5.41) is 7.36. The van der Waals surface area contributed by atoms with Crippen LogP contribution in [0.5, 0.6) is 0 Å². The van der Waals surface area contributed by atoms with Gasteiger partial charge in [0.1, 0.15) is 5.58 Å². The predicted octanol–water partition coefficient (Wildman–Crippen LogP) is 5.42. The molecule has 7 rings (SSSR count). The molecule has 1 saturated heterocycles. The molecule has 2 amide bonds. The van der Waals surface area contributed by atoms with Crippen molar-refractivity contribution in [1.82, 2.24) is 10.6 Å². The first-order valence-corrected chi connectivity index (χ1v) is 13.7. The molecule has 5 aliphatic rings. The van der Waals surface area contributed by atoms with Crippen LogP contribution >= 0.6 is 0 Å². The van der Waals surface area contributed by atoms with Gasteiger partial charge >= 0.3 is 0 Å². The summed E-state index contributed by atoms with van der Waals surface area (Å²) >= 11 is 0. The number of imide groups is 1. The standard InChI is InChI=1S/C30H36N2O3/c33-28-10-8-24(29(34)32-28)26-19-35-27-9-7-20(15-25(26)27)6-4-2-1-3-5-11-31-30-16-21-12-22(17-30)14-23(13-21)18-30/h7,9,15,19,21-24,31H,1-3,5,8,10-14,16-18H2,(H,32,33,34). The average Bonchev–Trinajstić information content (AvgIpc) is 3.23. The maximum atomic E-state index is 12.3. The zero-order valence-electron chi connectivity index (χ0n) is 20.5. The molecule has 4 saturated carbocycles. The van der Waals surface area contributed by atoms with E-state index in [0.717, 1.165) is 59.2 Å². The van der Waals surface area contributed by atoms with Crippen LogP contribution in [-0.2, 0) is 9.59 Å². The molecule has 5 nitrogen and oxygen atoms in total. The lowest BCUT2D eigenvalue weighted by atomic mass is 9.53. The van der Waals surface area contributed by atoms with E-state index in [2.05, 4.69) is 22.5 Å². The lowest BCUT2D eigenvalue weighted by Gasteiger charge is -2.57. The first kappa shape index (κ1) is 22.9. The molecule has 5 heteroatoms. The van der Waals surface area contributed by atoms with Gasteiger partial charge in [-0.3, -0.25) is 14.9 Å². The van der Waals surface area contributed by atoms with E-state index >= 15 is 0 Å². The smallest absolute Gasteiger partial charge is 0.234 e. The quantitative estimate of drug-likeness (QED) is 0.321. The highest BCUT2D eigenvalue weighted by atomic mass is 16.3. The van der Waals surface area contributed by atoms with Crippen molar-refractivity contribution in [2.45, 2.75) is 88.5 Å². The molecule has 2 N–H and O–H groups in total. The molecular formula is C30H36N2O3. The number of benzene rings is 1. The van der Waals surface area contributed by atoms with Crippen molar-refractivity contribution in [3.05, 3.63) is 35.6 Å². The molecule has 2 aromatic rings. The van der Waals surface area contributed by atoms with E-state index in [-0.39, 0.29) is 17.7 Å². The van der Waals surface area contributed by atoms with Gasteiger partial charge in [0.15, 0.2) is 0 Å². The zero-order valence-corrected chi connectivity index (χ0v) is 20.5. The molecule has 1 aromatic carbocycles. The van der Waals surface area contributed by atoms with Crippen LogP contribution in [-0.4, -0.2) is 23.9 Å². The van der Waals surface area contributed by atoms with Crippen molar-refractivity contribution in [3.8, 4) is 11.8 Å². The minimum atomic E-state index is -0.343. The van der Waals surface area contributed by atoms with Gasteiger partial charge in [-0.25, -0.2) is 0 Å². The van der Waals surface area contributed by atoms with E-state index in [1.807, 2.05) is 18.2 Å². The molecule has 1 aliphatic heterocycles. The Labute approximate surface area is 207 Å². The number of amides is 2. The number of piperidine rings is 1. The van der Waals surface area contributed by atoms with E-state index in [1.54, 1.807) is 6.26 Å². The lowest BCUT2D eigenvalue weighted by molar-refractivity contribution is -0.134. The first-order chi connectivity index (χ1) is 17.1. The van der Waals surface area contributed by atoms with Crippen LogP contribution in [0.15, 0.2) is 28.9 Å². The number of rotatable bonds is 7. The minimum Gasteiger partial charge on any atom is -0.464 e. The van der Waals surface area contributed by atoms with Crippen LogP contribution in [0.3, 0.4) is 0 Å². The number of fused-ring (bicyclic) bond motifs is 1. The third-order valence-corrected chi connectivity index (χ3v) is 8.97. The van der Waals surface area contributed by atoms with Gasteiger partial charge in [0.25, 0.3) is 0 Å². The van der Waals surface area contributed by atoms with Crippen molar-refractivity contribution in [2.75, 3.05) is 6.54 Å². The Hall–Kier alpha value is -2.58. The summed E-state index contributed by atoms with van der Waals surface area (Å²) in [4.78, 5) is 23.8. The Kier molecular flexibility index (Phi) is 6.18. The van der Waals surface area contributed by atoms with Crippen molar-refractivity contribution < 1.29 is 14.0 Å². The van der Waals surface area contributed by atoms with Gasteiger partial charge in [-0.05, 0) is 100 Å². The Morgan fingerprint density at radius 2 is 1.80 bits per heavy atom. The number of unbranched alkanes of at least 4 members (excludes halogenated alkanes) is 3. The van der Waals surface area contributed by atoms with E-state index < -0.39 is 0 Å². The largest absolute Gasteiger partial charge is 0.464 e. The summed E-state index contributed by atoms with van der Waals surface area (Å²) in [6.45, 7) is 1.15. The summed E-state index contributed by atoms with van der Waals surface area (Å²) in [7, 11) is 0. The second-order valence-corrected chi connectivity index (χ2v) is 11.6. The number of furan rings is 1. The Balaban J connectivity index is 0.976. The second kappa shape index (κ2) is 9.47. The van der Waals surface area contributed by atoms with E-state index in [1.165, 1.54) is 51.4 Å². The lowest BCUT2D eigenvalue weighted by Crippen LogP contribution is -2.58. The maximum Gasteiger partial charge on any atom is 0.234 e. The predicted molar refractivity (Wildman–Crippen MR) is 136 cm³/mol. The monoisotopic (exact) mass is 472 g/mol. The van der Waals surface area contributed by atoms with Gasteiger partial charge in [0, 0.05) is 34.9 Å². The van der Waals surface area contributed by atoms with E-state index in [0.29, 0.717) is 18.4 Å².